The van der Waals surface area contributed by atoms with E-state index in [-0.39, 0.29) is 49.6 Å². The molecule has 0 aromatic carbocycles. The van der Waals surface area contributed by atoms with Crippen molar-refractivity contribution < 1.29 is 4.79 Å². The molecule has 10 saturated carbocycles. The Bertz CT molecular complexity index is 1870. The van der Waals surface area contributed by atoms with Crippen LogP contribution in [0, 0.1) is 125 Å². The van der Waals surface area contributed by atoms with Gasteiger partial charge in [-0.2, -0.15) is 0 Å². The Morgan fingerprint density at radius 3 is 1.17 bits per heavy atom. The summed E-state index contributed by atoms with van der Waals surface area (Å²) >= 11 is 0. The summed E-state index contributed by atoms with van der Waals surface area (Å²) in [6.45, 7) is 38.2. The molecule has 10 aliphatic carbocycles. The molecule has 0 heterocycles. The van der Waals surface area contributed by atoms with Crippen LogP contribution in [0.25, 0.3) is 0 Å². The quantitative estimate of drug-likeness (QED) is 0.175. The third kappa shape index (κ3) is 8.19. The number of halogens is 4. The number of aldehydes is 1. The lowest BCUT2D eigenvalue weighted by atomic mass is 9.32. The summed E-state index contributed by atoms with van der Waals surface area (Å²) in [4.78, 5) is 12.9. The Morgan fingerprint density at radius 1 is 0.420 bits per heavy atom. The van der Waals surface area contributed by atoms with Crippen molar-refractivity contribution in [2.24, 2.45) is 125 Å². The fourth-order valence-electron chi connectivity index (χ4n) is 25.5. The Balaban J connectivity index is 0.00000196. The van der Waals surface area contributed by atoms with Gasteiger partial charge in [-0.05, 0) is 278 Å². The molecule has 69 heavy (non-hydrogen) atoms. The van der Waals surface area contributed by atoms with Crippen LogP contribution in [-0.4, -0.2) is 6.29 Å². The lowest BCUT2D eigenvalue weighted by Crippen LogP contribution is -2.65. The van der Waals surface area contributed by atoms with Crippen molar-refractivity contribution >= 4 is 55.9 Å². The minimum absolute atomic E-state index is 0. The zero-order valence-corrected chi connectivity index (χ0v) is 50.6. The second-order valence-corrected chi connectivity index (χ2v) is 31.3. The third-order valence-electron chi connectivity index (χ3n) is 28.7. The Kier molecular flexibility index (Phi) is 16.7. The van der Waals surface area contributed by atoms with Gasteiger partial charge >= 0.3 is 0 Å². The van der Waals surface area contributed by atoms with Crippen LogP contribution in [0.15, 0.2) is 11.6 Å². The smallest absolute Gasteiger partial charge is 0.145 e. The van der Waals surface area contributed by atoms with Crippen molar-refractivity contribution in [2.75, 3.05) is 0 Å². The van der Waals surface area contributed by atoms with Gasteiger partial charge in [0.2, 0.25) is 0 Å². The van der Waals surface area contributed by atoms with Crippen molar-refractivity contribution in [1.82, 2.24) is 0 Å². The minimum atomic E-state index is 0. The van der Waals surface area contributed by atoms with Gasteiger partial charge in [0.05, 0.1) is 0 Å². The first-order valence-corrected chi connectivity index (χ1v) is 29.5. The summed E-state index contributed by atoms with van der Waals surface area (Å²) in [5.74, 6) is 10.2. The van der Waals surface area contributed by atoms with Crippen molar-refractivity contribution in [1.29, 1.82) is 0 Å². The summed E-state index contributed by atoms with van der Waals surface area (Å²) in [5.41, 5.74) is 6.14. The average Bonchev–Trinajstić information content (AvgIpc) is 3.77. The number of fused-ring (bicyclic) bond motifs is 14. The molecule has 0 aromatic heterocycles. The molecule has 0 N–H and O–H groups in total. The molecular formula is C64H110Cl4O. The first kappa shape index (κ1) is 58.8. The molecule has 0 bridgehead atoms. The van der Waals surface area contributed by atoms with E-state index in [4.69, 9.17) is 0 Å². The molecule has 1 nitrogen and oxygen atoms in total. The van der Waals surface area contributed by atoms with Gasteiger partial charge in [0.1, 0.15) is 6.29 Å². The average molecular weight is 1040 g/mol. The van der Waals surface area contributed by atoms with E-state index < -0.39 is 0 Å². The van der Waals surface area contributed by atoms with E-state index in [1.807, 2.05) is 0 Å². The Labute approximate surface area is 452 Å². The molecule has 5 heteroatoms. The normalized spacial score (nSPS) is 51.9. The first-order valence-electron chi connectivity index (χ1n) is 29.5. The van der Waals surface area contributed by atoms with E-state index in [2.05, 4.69) is 103 Å². The van der Waals surface area contributed by atoms with Crippen LogP contribution in [0.1, 0.15) is 257 Å². The van der Waals surface area contributed by atoms with Gasteiger partial charge in [-0.1, -0.05) is 116 Å². The molecule has 0 saturated heterocycles. The zero-order valence-electron chi connectivity index (χ0n) is 47.3. The van der Waals surface area contributed by atoms with Crippen LogP contribution in [0.5, 0.6) is 0 Å². The molecule has 20 atom stereocenters. The van der Waals surface area contributed by atoms with Crippen LogP contribution < -0.4 is 0 Å². The molecule has 10 fully saturated rings. The van der Waals surface area contributed by atoms with E-state index in [0.29, 0.717) is 60.1 Å². The largest absolute Gasteiger partial charge is 0.298 e. The zero-order chi connectivity index (χ0) is 46.6. The highest BCUT2D eigenvalue weighted by Crippen LogP contribution is 2.80. The Hall–Kier alpha value is 0.570. The highest BCUT2D eigenvalue weighted by Gasteiger charge is 2.72. The molecule has 10 aliphatic rings. The summed E-state index contributed by atoms with van der Waals surface area (Å²) in [7, 11) is 0. The van der Waals surface area contributed by atoms with Gasteiger partial charge < -0.3 is 0 Å². The van der Waals surface area contributed by atoms with Crippen molar-refractivity contribution in [3.05, 3.63) is 11.6 Å². The number of carbonyl (C=O) groups excluding carboxylic acids is 1. The number of hydrogen-bond donors (Lipinski definition) is 0. The molecule has 0 radical (unpaired) electrons. The van der Waals surface area contributed by atoms with Crippen LogP contribution in [-0.2, 0) is 4.79 Å². The van der Waals surface area contributed by atoms with E-state index in [1.165, 1.54) is 154 Å². The summed E-state index contributed by atoms with van der Waals surface area (Å²) in [6.07, 6.45) is 39.3. The highest BCUT2D eigenvalue weighted by atomic mass is 35.5. The van der Waals surface area contributed by atoms with Crippen LogP contribution in [0.4, 0.5) is 0 Å². The van der Waals surface area contributed by atoms with Crippen LogP contribution in [0.2, 0.25) is 0 Å². The van der Waals surface area contributed by atoms with Gasteiger partial charge in [-0.25, -0.2) is 0 Å². The lowest BCUT2D eigenvalue weighted by Gasteiger charge is -2.73. The molecule has 10 rings (SSSR count). The van der Waals surface area contributed by atoms with Gasteiger partial charge in [-0.3, -0.25) is 4.79 Å². The molecule has 0 amide bonds. The standard InChI is InChI=1S/C64H106O.4ClH/c1-42(45-24-34-57(7)47(45)26-36-61(11)51(57)20-22-53-59(9)32-16-30-55(3,4)49(59)28-38-63(53,61)13)18-15-19-44(41-65)40-43(2)46-25-35-58(8)48(46)27-37-62(12)52(58)21-23-54-60(10)33-17-31-56(5,6)50(60)29-39-64(54,62)14;;;;/h19,41-43,45-54H,15-18,20-40H2,1-14H3;4*1H/b44-19-;;;;/t42?,43-,45-,46-,47+,48+,49+,50+,51-,52-,53-,54-,57+,58+,59+,60+,61-,62-,63-,64-;;;;/m1..../s1. The molecule has 400 valence electrons. The van der Waals surface area contributed by atoms with Crippen LogP contribution in [0.3, 0.4) is 0 Å². The molecule has 1 unspecified atom stereocenters. The minimum Gasteiger partial charge on any atom is -0.298 e. The topological polar surface area (TPSA) is 17.1 Å². The number of rotatable bonds is 8. The van der Waals surface area contributed by atoms with Crippen molar-refractivity contribution in [3.8, 4) is 0 Å². The van der Waals surface area contributed by atoms with Crippen LogP contribution >= 0.6 is 49.6 Å². The molecule has 0 aliphatic heterocycles. The maximum Gasteiger partial charge on any atom is 0.145 e. The van der Waals surface area contributed by atoms with Gasteiger partial charge in [-0.15, -0.1) is 49.6 Å². The maximum absolute atomic E-state index is 12.9. The highest BCUT2D eigenvalue weighted by molar-refractivity contribution is 5.86. The van der Waals surface area contributed by atoms with E-state index in [9.17, 15) is 4.79 Å². The first-order chi connectivity index (χ1) is 30.4. The fraction of sp³-hybridized carbons (Fsp3) is 0.953. The molecular weight excluding hydrogens is 927 g/mol. The number of carbonyl (C=O) groups is 1. The summed E-state index contributed by atoms with van der Waals surface area (Å²) in [5, 5.41) is 0. The van der Waals surface area contributed by atoms with E-state index >= 15 is 0 Å². The predicted octanol–water partition coefficient (Wildman–Crippen LogP) is 20.2. The lowest BCUT2D eigenvalue weighted by molar-refractivity contribution is -0.241. The predicted molar refractivity (Wildman–Crippen MR) is 304 cm³/mol. The fourth-order valence-corrected chi connectivity index (χ4v) is 25.5. The van der Waals surface area contributed by atoms with E-state index in [1.54, 1.807) is 0 Å². The second kappa shape index (κ2) is 19.5. The molecule has 0 spiro atoms. The van der Waals surface area contributed by atoms with Crippen molar-refractivity contribution in [3.63, 3.8) is 0 Å². The van der Waals surface area contributed by atoms with Crippen molar-refractivity contribution in [2.45, 2.75) is 257 Å². The maximum atomic E-state index is 12.9. The number of hydrogen-bond acceptors (Lipinski definition) is 1. The third-order valence-corrected chi connectivity index (χ3v) is 28.7. The number of allylic oxidation sites excluding steroid dienone is 2. The monoisotopic (exact) mass is 1030 g/mol. The Morgan fingerprint density at radius 2 is 0.783 bits per heavy atom. The second-order valence-electron chi connectivity index (χ2n) is 31.3. The van der Waals surface area contributed by atoms with Gasteiger partial charge in [0.25, 0.3) is 0 Å². The van der Waals surface area contributed by atoms with E-state index in [0.717, 1.165) is 83.5 Å². The summed E-state index contributed by atoms with van der Waals surface area (Å²) in [6, 6.07) is 0. The molecule has 0 aromatic rings. The SMILES string of the molecule is CC(CC/C=C(\C=O)C[C@@H](C)[C@H]1CC[C@]2(C)[C@H]3CC[C@@H]4[C@@]5(C)CCCC(C)(C)[C@@H]5CC[C@@]4(C)[C@]3(C)CC[C@@H]12)[C@H]1CC[C@]2(C)[C@H]3CC[C@@H]4[C@@]5(C)CCCC(C)(C)[C@@H]5CC[C@@]4(C)[C@]3(C)CC[C@@H]12.Cl.Cl.Cl.Cl. The van der Waals surface area contributed by atoms with Gasteiger partial charge in [0.15, 0.2) is 0 Å². The van der Waals surface area contributed by atoms with Gasteiger partial charge in [0, 0.05) is 0 Å². The summed E-state index contributed by atoms with van der Waals surface area (Å²) < 4.78 is 0.